The van der Waals surface area contributed by atoms with Gasteiger partial charge in [0.05, 0.1) is 48.0 Å². The van der Waals surface area contributed by atoms with E-state index in [0.29, 0.717) is 11.4 Å². The number of ether oxygens (including phenoxy) is 2. The lowest BCUT2D eigenvalue weighted by atomic mass is 9.64. The van der Waals surface area contributed by atoms with E-state index in [9.17, 15) is 9.59 Å². The van der Waals surface area contributed by atoms with Gasteiger partial charge in [0.15, 0.2) is 0 Å². The maximum atomic E-state index is 13.4. The Kier molecular flexibility index (Phi) is 6.37. The van der Waals surface area contributed by atoms with E-state index in [4.69, 9.17) is 19.4 Å². The standard InChI is InChI=1S/C34H32N4O4/c1-8-22-19(4)27-14-25-17(2)11-20(35-25)13-21-12-18(3)26(36-21)15-29-24-10-9-23(32(39)41-6)31(33(40)42-7)34(24,5)30(38-29)16-28(22)37-27/h8-16,31,36-37H,1H2,2-7H3. The Morgan fingerprint density at radius 3 is 2.40 bits per heavy atom. The maximum Gasteiger partial charge on any atom is 0.334 e. The van der Waals surface area contributed by atoms with E-state index < -0.39 is 23.3 Å². The Hall–Kier alpha value is -4.98. The Bertz CT molecular complexity index is 1970. The molecule has 0 fully saturated rings. The summed E-state index contributed by atoms with van der Waals surface area (Å²) in [6.07, 6.45) is 7.37. The van der Waals surface area contributed by atoms with Crippen molar-refractivity contribution < 1.29 is 19.1 Å². The summed E-state index contributed by atoms with van der Waals surface area (Å²) in [6.45, 7) is 12.1. The van der Waals surface area contributed by atoms with Crippen LogP contribution >= 0.6 is 0 Å². The van der Waals surface area contributed by atoms with Crippen LogP contribution in [0.4, 0.5) is 0 Å². The Morgan fingerprint density at radius 2 is 1.69 bits per heavy atom. The minimum absolute atomic E-state index is 0.214. The van der Waals surface area contributed by atoms with Gasteiger partial charge < -0.3 is 19.4 Å². The number of rotatable bonds is 3. The number of H-pyrrole nitrogens is 2. The number of aromatic amines is 2. The molecule has 8 heteroatoms. The van der Waals surface area contributed by atoms with Gasteiger partial charge in [-0.15, -0.1) is 0 Å². The Labute approximate surface area is 243 Å². The molecule has 3 aromatic rings. The van der Waals surface area contributed by atoms with Crippen molar-refractivity contribution in [3.8, 4) is 0 Å². The Balaban J connectivity index is 1.77. The fourth-order valence-corrected chi connectivity index (χ4v) is 6.28. The van der Waals surface area contributed by atoms with Crippen LogP contribution < -0.4 is 0 Å². The topological polar surface area (TPSA) is 110 Å². The lowest BCUT2D eigenvalue weighted by Crippen LogP contribution is -2.42. The molecule has 0 saturated carbocycles. The summed E-state index contributed by atoms with van der Waals surface area (Å²) in [4.78, 5) is 43.4. The van der Waals surface area contributed by atoms with Gasteiger partial charge in [-0.3, -0.25) is 9.78 Å². The first-order chi connectivity index (χ1) is 20.1. The minimum atomic E-state index is -1.03. The van der Waals surface area contributed by atoms with Crippen molar-refractivity contribution in [2.24, 2.45) is 5.92 Å². The summed E-state index contributed by atoms with van der Waals surface area (Å²) in [5, 5.41) is 0. The molecule has 3 aromatic heterocycles. The van der Waals surface area contributed by atoms with Gasteiger partial charge >= 0.3 is 11.9 Å². The molecule has 1 aliphatic carbocycles. The first-order valence-corrected chi connectivity index (χ1v) is 13.7. The average Bonchev–Trinajstić information content (AvgIpc) is 3.66. The molecular formula is C34H32N4O4. The highest BCUT2D eigenvalue weighted by molar-refractivity contribution is 6.01. The summed E-state index contributed by atoms with van der Waals surface area (Å²) in [5.41, 5.74) is 10.5. The van der Waals surface area contributed by atoms with Gasteiger partial charge in [-0.05, 0) is 86.4 Å². The van der Waals surface area contributed by atoms with Crippen molar-refractivity contribution in [1.29, 1.82) is 0 Å². The second kappa shape index (κ2) is 9.83. The van der Waals surface area contributed by atoms with Crippen LogP contribution in [0.5, 0.6) is 0 Å². The molecule has 2 atom stereocenters. The molecule has 212 valence electrons. The molecule has 42 heavy (non-hydrogen) atoms. The van der Waals surface area contributed by atoms with E-state index in [0.717, 1.165) is 61.3 Å². The fraction of sp³-hybridized carbons (Fsp3) is 0.235. The number of hydrogen-bond donors (Lipinski definition) is 2. The molecule has 0 aromatic carbocycles. The molecule has 8 bridgehead atoms. The van der Waals surface area contributed by atoms with Crippen LogP contribution in [0.1, 0.15) is 53.3 Å². The zero-order chi connectivity index (χ0) is 29.9. The molecule has 6 rings (SSSR count). The van der Waals surface area contributed by atoms with Crippen molar-refractivity contribution >= 4 is 57.3 Å². The van der Waals surface area contributed by atoms with Crippen molar-refractivity contribution in [2.75, 3.05) is 14.2 Å². The second-order valence-corrected chi connectivity index (χ2v) is 11.1. The van der Waals surface area contributed by atoms with Crippen molar-refractivity contribution in [1.82, 2.24) is 19.9 Å². The zero-order valence-electron chi connectivity index (χ0n) is 24.5. The predicted molar refractivity (Wildman–Crippen MR) is 165 cm³/mol. The van der Waals surface area contributed by atoms with E-state index >= 15 is 0 Å². The van der Waals surface area contributed by atoms with Gasteiger partial charge in [0.1, 0.15) is 5.92 Å². The van der Waals surface area contributed by atoms with Gasteiger partial charge in [-0.2, -0.15) is 0 Å². The third-order valence-electron chi connectivity index (χ3n) is 8.60. The number of fused-ring (bicyclic) bond motifs is 11. The summed E-state index contributed by atoms with van der Waals surface area (Å²) in [5.74, 6) is -2.11. The maximum absolute atomic E-state index is 13.4. The van der Waals surface area contributed by atoms with Crippen LogP contribution in [0, 0.1) is 19.8 Å². The quantitative estimate of drug-likeness (QED) is 0.360. The summed E-state index contributed by atoms with van der Waals surface area (Å²) in [7, 11) is 2.63. The number of hydrogen-bond acceptors (Lipinski definition) is 6. The number of methoxy groups -OCH3 is 2. The summed E-state index contributed by atoms with van der Waals surface area (Å²) in [6, 6.07) is 10.1. The van der Waals surface area contributed by atoms with Crippen LogP contribution in [0.25, 0.3) is 45.4 Å². The molecular weight excluding hydrogens is 528 g/mol. The molecule has 2 aliphatic heterocycles. The number of aromatic nitrogens is 4. The van der Waals surface area contributed by atoms with Crippen LogP contribution in [0.3, 0.4) is 0 Å². The molecule has 0 spiro atoms. The van der Waals surface area contributed by atoms with E-state index in [1.165, 1.54) is 14.2 Å². The van der Waals surface area contributed by atoms with Crippen LogP contribution in [-0.2, 0) is 24.5 Å². The highest BCUT2D eigenvalue weighted by Crippen LogP contribution is 2.52. The highest BCUT2D eigenvalue weighted by atomic mass is 16.5. The number of esters is 2. The largest absolute Gasteiger partial charge is 0.469 e. The average molecular weight is 561 g/mol. The fourth-order valence-electron chi connectivity index (χ4n) is 6.28. The predicted octanol–water partition coefficient (Wildman–Crippen LogP) is 6.38. The van der Waals surface area contributed by atoms with Gasteiger partial charge in [0.2, 0.25) is 0 Å². The third-order valence-corrected chi connectivity index (χ3v) is 8.60. The lowest BCUT2D eigenvalue weighted by Gasteiger charge is -2.36. The molecule has 2 N–H and O–H groups in total. The Morgan fingerprint density at radius 1 is 0.929 bits per heavy atom. The molecule has 8 nitrogen and oxygen atoms in total. The number of nitrogens with one attached hydrogen (secondary N) is 2. The van der Waals surface area contributed by atoms with Gasteiger partial charge in [0.25, 0.3) is 0 Å². The van der Waals surface area contributed by atoms with E-state index in [1.54, 1.807) is 12.2 Å². The second-order valence-electron chi connectivity index (χ2n) is 11.1. The molecule has 5 heterocycles. The van der Waals surface area contributed by atoms with E-state index in [1.807, 2.05) is 58.0 Å². The van der Waals surface area contributed by atoms with Crippen molar-refractivity contribution in [2.45, 2.75) is 33.1 Å². The smallest absolute Gasteiger partial charge is 0.334 e. The number of carbonyl (C=O) groups excluding carboxylic acids is 2. The summed E-state index contributed by atoms with van der Waals surface area (Å²) < 4.78 is 10.3. The van der Waals surface area contributed by atoms with Crippen LogP contribution in [0.15, 0.2) is 54.6 Å². The normalized spacial score (nSPS) is 19.3. The number of allylic oxidation sites excluding steroid dienone is 4. The molecule has 0 saturated heterocycles. The van der Waals surface area contributed by atoms with Crippen molar-refractivity contribution in [3.63, 3.8) is 0 Å². The number of carbonyl (C=O) groups is 2. The van der Waals surface area contributed by atoms with E-state index in [-0.39, 0.29) is 5.57 Å². The highest BCUT2D eigenvalue weighted by Gasteiger charge is 2.53. The van der Waals surface area contributed by atoms with Gasteiger partial charge in [-0.25, -0.2) is 9.78 Å². The molecule has 0 radical (unpaired) electrons. The first kappa shape index (κ1) is 27.2. The molecule has 0 amide bonds. The lowest BCUT2D eigenvalue weighted by molar-refractivity contribution is -0.149. The SMILES string of the molecule is C=Cc1c(C)c2cc3nc(cc4cc(C)c(cc5nc(cc1[nH]2)C1(C)C5=CC=C(C(=O)OC)C1C(=O)OC)[nH]4)C=C3C. The minimum Gasteiger partial charge on any atom is -0.469 e. The number of aryl methyl sites for hydroxylation is 2. The van der Waals surface area contributed by atoms with Crippen LogP contribution in [-0.4, -0.2) is 46.1 Å². The summed E-state index contributed by atoms with van der Waals surface area (Å²) >= 11 is 0. The van der Waals surface area contributed by atoms with Crippen molar-refractivity contribution in [3.05, 3.63) is 94.1 Å². The monoisotopic (exact) mass is 560 g/mol. The zero-order valence-corrected chi connectivity index (χ0v) is 24.5. The third kappa shape index (κ3) is 4.05. The van der Waals surface area contributed by atoms with E-state index in [2.05, 4.69) is 28.7 Å². The first-order valence-electron chi connectivity index (χ1n) is 13.7. The van der Waals surface area contributed by atoms with Crippen LogP contribution in [0.2, 0.25) is 0 Å². The van der Waals surface area contributed by atoms with Gasteiger partial charge in [0, 0.05) is 27.6 Å². The molecule has 3 aliphatic rings. The molecule has 2 unspecified atom stereocenters. The van der Waals surface area contributed by atoms with Gasteiger partial charge in [-0.1, -0.05) is 24.8 Å². The number of nitrogens with zero attached hydrogens (tertiary/aromatic N) is 2.